The van der Waals surface area contributed by atoms with Crippen LogP contribution in [0.15, 0.2) is 33.3 Å². The van der Waals surface area contributed by atoms with Gasteiger partial charge in [-0.3, -0.25) is 0 Å². The van der Waals surface area contributed by atoms with Gasteiger partial charge in [-0.15, -0.1) is 11.3 Å². The molecule has 2 aromatic heterocycles. The van der Waals surface area contributed by atoms with Gasteiger partial charge in [0.05, 0.1) is 5.38 Å². The average Bonchev–Trinajstić information content (AvgIpc) is 2.72. The molecule has 0 spiro atoms. The van der Waals surface area contributed by atoms with Crippen molar-refractivity contribution in [2.45, 2.75) is 4.90 Å². The third-order valence-corrected chi connectivity index (χ3v) is 4.80. The zero-order chi connectivity index (χ0) is 8.67. The van der Waals surface area contributed by atoms with Crippen molar-refractivity contribution in [3.8, 4) is 9.88 Å². The monoisotopic (exact) mass is 241 g/mol. The van der Waals surface area contributed by atoms with Crippen LogP contribution in [-0.2, 0) is 0 Å². The van der Waals surface area contributed by atoms with E-state index in [0.29, 0.717) is 0 Å². The molecule has 1 N–H and O–H groups in total. The Morgan fingerprint density at radius 2 is 2.07 bits per heavy atom. The second-order valence-electron chi connectivity index (χ2n) is 2.63. The largest absolute Gasteiger partial charge is 0.870 e. The van der Waals surface area contributed by atoms with E-state index in [1.165, 1.54) is 14.8 Å². The van der Waals surface area contributed by atoms with Gasteiger partial charge >= 0.3 is 0 Å². The summed E-state index contributed by atoms with van der Waals surface area (Å²) in [6.07, 6.45) is 4.22. The Kier molecular flexibility index (Phi) is 2.73. The molecule has 0 atom stereocenters. The van der Waals surface area contributed by atoms with Crippen molar-refractivity contribution in [2.24, 2.45) is 0 Å². The molecule has 0 amide bonds. The van der Waals surface area contributed by atoms with Crippen LogP contribution in [-0.4, -0.2) is 5.48 Å². The normalized spacial score (nSPS) is 12.6. The fourth-order valence-corrected chi connectivity index (χ4v) is 4.22. The molecule has 0 unspecified atom stereocenters. The molecule has 72 valence electrons. The standard InChI is InChI=1S/C9H6NS3.H2O/c1-4-12-8-7(1)11-5-2-10-3-6-13-9(8)10;/h1-6H;1H2/q+1;/p-1. The molecule has 0 bridgehead atoms. The predicted octanol–water partition coefficient (Wildman–Crippen LogP) is 3.12. The van der Waals surface area contributed by atoms with Gasteiger partial charge in [-0.05, 0) is 11.4 Å². The molecule has 2 nitrogen and oxygen atoms in total. The lowest BCUT2D eigenvalue weighted by atomic mass is 10.5. The van der Waals surface area contributed by atoms with Crippen molar-refractivity contribution >= 4 is 40.6 Å². The van der Waals surface area contributed by atoms with Crippen LogP contribution < -0.4 is 4.57 Å². The summed E-state index contributed by atoms with van der Waals surface area (Å²) in [5, 5.41) is 7.75. The number of thioether (sulfide) groups is 1. The van der Waals surface area contributed by atoms with Gasteiger partial charge in [0.2, 0.25) is 0 Å². The molecule has 3 heterocycles. The van der Waals surface area contributed by atoms with Gasteiger partial charge in [0.1, 0.15) is 4.88 Å². The molecule has 1 aliphatic heterocycles. The summed E-state index contributed by atoms with van der Waals surface area (Å²) in [4.78, 5) is 2.76. The third kappa shape index (κ3) is 1.42. The highest BCUT2D eigenvalue weighted by Crippen LogP contribution is 2.38. The molecule has 0 saturated heterocycles. The van der Waals surface area contributed by atoms with Crippen LogP contribution in [0.2, 0.25) is 0 Å². The second-order valence-corrected chi connectivity index (χ2v) is 5.39. The van der Waals surface area contributed by atoms with E-state index in [4.69, 9.17) is 0 Å². The maximum Gasteiger partial charge on any atom is 0.285 e. The van der Waals surface area contributed by atoms with Crippen LogP contribution in [0.25, 0.3) is 16.1 Å². The molecule has 0 saturated carbocycles. The zero-order valence-corrected chi connectivity index (χ0v) is 9.53. The summed E-state index contributed by atoms with van der Waals surface area (Å²) in [7, 11) is 0. The average molecular weight is 241 g/mol. The minimum absolute atomic E-state index is 0. The van der Waals surface area contributed by atoms with Gasteiger partial charge in [-0.1, -0.05) is 23.1 Å². The number of aromatic nitrogens is 1. The predicted molar refractivity (Wildman–Crippen MR) is 60.9 cm³/mol. The van der Waals surface area contributed by atoms with Crippen molar-refractivity contribution in [3.63, 3.8) is 0 Å². The highest BCUT2D eigenvalue weighted by atomic mass is 32.2. The number of hydrogen-bond acceptors (Lipinski definition) is 4. The SMILES string of the molecule is C1=C[n+]2ccsc2-c2sccc2S1.[OH-]. The van der Waals surface area contributed by atoms with Crippen LogP contribution in [0.5, 0.6) is 0 Å². The highest BCUT2D eigenvalue weighted by molar-refractivity contribution is 8.02. The Hall–Kier alpha value is -0.620. The van der Waals surface area contributed by atoms with E-state index in [0.717, 1.165) is 0 Å². The summed E-state index contributed by atoms with van der Waals surface area (Å²) in [6, 6.07) is 2.18. The van der Waals surface area contributed by atoms with Gasteiger partial charge < -0.3 is 5.48 Å². The second kappa shape index (κ2) is 3.86. The zero-order valence-electron chi connectivity index (χ0n) is 7.08. The van der Waals surface area contributed by atoms with E-state index < -0.39 is 0 Å². The summed E-state index contributed by atoms with van der Waals surface area (Å²) in [6.45, 7) is 0. The molecular weight excluding hydrogens is 234 g/mol. The van der Waals surface area contributed by atoms with E-state index in [9.17, 15) is 0 Å². The summed E-state index contributed by atoms with van der Waals surface area (Å²) < 4.78 is 2.18. The van der Waals surface area contributed by atoms with Crippen LogP contribution in [0, 0.1) is 0 Å². The Labute approximate surface area is 93.8 Å². The maximum atomic E-state index is 2.18. The number of rotatable bonds is 0. The summed E-state index contributed by atoms with van der Waals surface area (Å²) in [5.41, 5.74) is 0. The van der Waals surface area contributed by atoms with E-state index in [1.54, 1.807) is 23.1 Å². The number of fused-ring (bicyclic) bond motifs is 3. The van der Waals surface area contributed by atoms with Gasteiger partial charge in [-0.25, -0.2) is 0 Å². The van der Waals surface area contributed by atoms with E-state index in [2.05, 4.69) is 39.2 Å². The molecule has 1 aliphatic rings. The lowest BCUT2D eigenvalue weighted by molar-refractivity contribution is -0.550. The molecular formula is C9H7NOS3. The molecule has 0 radical (unpaired) electrons. The first-order valence-corrected chi connectivity index (χ1v) is 6.49. The molecule has 0 fully saturated rings. The van der Waals surface area contributed by atoms with Crippen molar-refractivity contribution < 1.29 is 10.0 Å². The number of hydrogen-bond donors (Lipinski definition) is 0. The summed E-state index contributed by atoms with van der Waals surface area (Å²) in [5.74, 6) is 0. The van der Waals surface area contributed by atoms with Crippen LogP contribution in [0.4, 0.5) is 0 Å². The van der Waals surface area contributed by atoms with E-state index >= 15 is 0 Å². The molecule has 2 aromatic rings. The number of thiazole rings is 1. The topological polar surface area (TPSA) is 33.9 Å². The van der Waals surface area contributed by atoms with Crippen LogP contribution in [0.3, 0.4) is 0 Å². The van der Waals surface area contributed by atoms with Gasteiger partial charge in [-0.2, -0.15) is 4.57 Å². The molecule has 14 heavy (non-hydrogen) atoms. The maximum absolute atomic E-state index is 2.18. The van der Waals surface area contributed by atoms with E-state index in [-0.39, 0.29) is 5.48 Å². The van der Waals surface area contributed by atoms with Gasteiger partial charge in [0.15, 0.2) is 12.4 Å². The number of nitrogens with zero attached hydrogens (tertiary/aromatic N) is 1. The van der Waals surface area contributed by atoms with Crippen LogP contribution in [0.1, 0.15) is 0 Å². The minimum atomic E-state index is 0. The summed E-state index contributed by atoms with van der Waals surface area (Å²) >= 11 is 5.40. The lowest BCUT2D eigenvalue weighted by Gasteiger charge is -1.89. The molecule has 0 aromatic carbocycles. The first-order valence-electron chi connectivity index (χ1n) is 3.85. The van der Waals surface area contributed by atoms with Gasteiger partial charge in [0, 0.05) is 10.3 Å². The smallest absolute Gasteiger partial charge is 0.285 e. The third-order valence-electron chi connectivity index (χ3n) is 1.88. The van der Waals surface area contributed by atoms with Gasteiger partial charge in [0.25, 0.3) is 5.01 Å². The lowest BCUT2D eigenvalue weighted by Crippen LogP contribution is -2.23. The fourth-order valence-electron chi connectivity index (χ4n) is 1.29. The fraction of sp³-hybridized carbons (Fsp3) is 0. The van der Waals surface area contributed by atoms with Crippen LogP contribution >= 0.6 is 34.4 Å². The van der Waals surface area contributed by atoms with Crippen molar-refractivity contribution in [2.75, 3.05) is 0 Å². The first-order chi connectivity index (χ1) is 6.45. The van der Waals surface area contributed by atoms with Crippen molar-refractivity contribution in [3.05, 3.63) is 28.4 Å². The Morgan fingerprint density at radius 1 is 1.14 bits per heavy atom. The van der Waals surface area contributed by atoms with Crippen molar-refractivity contribution in [1.29, 1.82) is 0 Å². The van der Waals surface area contributed by atoms with Crippen molar-refractivity contribution in [1.82, 2.24) is 0 Å². The Balaban J connectivity index is 0.000000750. The highest BCUT2D eigenvalue weighted by Gasteiger charge is 2.20. The molecule has 5 heteroatoms. The first kappa shape index (κ1) is 9.92. The molecule has 0 aliphatic carbocycles. The minimum Gasteiger partial charge on any atom is -0.870 e. The number of thiophene rings is 1. The van der Waals surface area contributed by atoms with E-state index in [1.807, 2.05) is 11.3 Å². The Bertz CT molecular complexity index is 472. The Morgan fingerprint density at radius 3 is 3.00 bits per heavy atom. The quantitative estimate of drug-likeness (QED) is 0.664. The molecule has 3 rings (SSSR count).